The van der Waals surface area contributed by atoms with Crippen LogP contribution in [0, 0.1) is 0 Å². The summed E-state index contributed by atoms with van der Waals surface area (Å²) in [5.41, 5.74) is 0. The number of anilines is 1. The number of methoxy groups -OCH3 is 1. The molecule has 0 saturated carbocycles. The molecule has 0 radical (unpaired) electrons. The third-order valence-electron chi connectivity index (χ3n) is 2.72. The topological polar surface area (TPSA) is 76.5 Å². The number of amides is 2. The van der Waals surface area contributed by atoms with Gasteiger partial charge in [-0.3, -0.25) is 9.48 Å². The number of esters is 1. The van der Waals surface area contributed by atoms with Crippen molar-refractivity contribution in [2.24, 2.45) is 0 Å². The van der Waals surface area contributed by atoms with Gasteiger partial charge in [0.25, 0.3) is 0 Å². The zero-order chi connectivity index (χ0) is 17.5. The molecule has 0 saturated heterocycles. The van der Waals surface area contributed by atoms with Gasteiger partial charge in [0.2, 0.25) is 0 Å². The first-order valence-corrected chi connectivity index (χ1v) is 7.07. The maximum atomic E-state index is 12.0. The summed E-state index contributed by atoms with van der Waals surface area (Å²) in [5.74, 6) is -0.199. The number of hydrogen-bond donors (Lipinski definition) is 2. The number of carbonyl (C=O) groups excluding carboxylic acids is 2. The molecule has 0 aliphatic carbocycles. The number of thiol groups is 1. The standard InChI is InChI=1S/C12H17F3N4O3S/c1-22-10(20)4-2-3-6-18-7-5-9(17-18)19(23)11(21)16-8-12(13,14)15/h5,7,23H,2-4,6,8H2,1H3,(H,16,21). The molecule has 2 amide bonds. The van der Waals surface area contributed by atoms with Crippen molar-refractivity contribution in [3.63, 3.8) is 0 Å². The summed E-state index contributed by atoms with van der Waals surface area (Å²) >= 11 is 3.82. The Balaban J connectivity index is 2.42. The fourth-order valence-corrected chi connectivity index (χ4v) is 1.77. The zero-order valence-corrected chi connectivity index (χ0v) is 13.2. The van der Waals surface area contributed by atoms with E-state index in [0.29, 0.717) is 30.1 Å². The highest BCUT2D eigenvalue weighted by Crippen LogP contribution is 2.16. The maximum absolute atomic E-state index is 12.0. The van der Waals surface area contributed by atoms with Crippen LogP contribution in [0.2, 0.25) is 0 Å². The molecule has 0 aliphatic rings. The SMILES string of the molecule is COC(=O)CCCCn1ccc(N(S)C(=O)NCC(F)(F)F)n1. The Kier molecular flexibility index (Phi) is 7.20. The third kappa shape index (κ3) is 7.26. The number of alkyl halides is 3. The first kappa shape index (κ1) is 19.1. The highest BCUT2D eigenvalue weighted by Gasteiger charge is 2.29. The molecule has 0 bridgehead atoms. The number of rotatable bonds is 7. The Bertz CT molecular complexity index is 536. The molecule has 11 heteroatoms. The Labute approximate surface area is 136 Å². The van der Waals surface area contributed by atoms with Crippen molar-refractivity contribution in [2.75, 3.05) is 18.0 Å². The number of aryl methyl sites for hydroxylation is 1. The van der Waals surface area contributed by atoms with Gasteiger partial charge in [0.1, 0.15) is 6.54 Å². The van der Waals surface area contributed by atoms with Crippen LogP contribution >= 0.6 is 12.8 Å². The van der Waals surface area contributed by atoms with Crippen molar-refractivity contribution in [3.05, 3.63) is 12.3 Å². The molecule has 1 N–H and O–H groups in total. The summed E-state index contributed by atoms with van der Waals surface area (Å²) in [6.45, 7) is -0.958. The van der Waals surface area contributed by atoms with Gasteiger partial charge in [0.05, 0.1) is 7.11 Å². The van der Waals surface area contributed by atoms with E-state index < -0.39 is 18.8 Å². The number of nitrogens with one attached hydrogen (secondary N) is 1. The van der Waals surface area contributed by atoms with Gasteiger partial charge in [-0.2, -0.15) is 18.3 Å². The lowest BCUT2D eigenvalue weighted by atomic mass is 10.2. The molecule has 1 aromatic rings. The molecule has 1 aromatic heterocycles. The van der Waals surface area contributed by atoms with Crippen molar-refractivity contribution in [3.8, 4) is 0 Å². The van der Waals surface area contributed by atoms with Gasteiger partial charge in [0, 0.05) is 25.2 Å². The highest BCUT2D eigenvalue weighted by molar-refractivity contribution is 7.82. The van der Waals surface area contributed by atoms with E-state index in [2.05, 4.69) is 22.7 Å². The lowest BCUT2D eigenvalue weighted by molar-refractivity contribution is -0.140. The third-order valence-corrected chi connectivity index (χ3v) is 3.11. The number of nitrogens with zero attached hydrogens (tertiary/aromatic N) is 3. The van der Waals surface area contributed by atoms with Crippen LogP contribution in [0.15, 0.2) is 12.3 Å². The predicted octanol–water partition coefficient (Wildman–Crippen LogP) is 2.15. The van der Waals surface area contributed by atoms with Gasteiger partial charge in [-0.1, -0.05) is 12.8 Å². The van der Waals surface area contributed by atoms with Crippen LogP contribution in [0.5, 0.6) is 0 Å². The predicted molar refractivity (Wildman–Crippen MR) is 79.0 cm³/mol. The Morgan fingerprint density at radius 2 is 2.13 bits per heavy atom. The van der Waals surface area contributed by atoms with E-state index in [4.69, 9.17) is 0 Å². The molecule has 130 valence electrons. The van der Waals surface area contributed by atoms with Crippen LogP contribution in [-0.4, -0.2) is 41.6 Å². The van der Waals surface area contributed by atoms with Crippen LogP contribution in [0.4, 0.5) is 23.8 Å². The Morgan fingerprint density at radius 3 is 2.74 bits per heavy atom. The van der Waals surface area contributed by atoms with Gasteiger partial charge in [-0.25, -0.2) is 9.10 Å². The second kappa shape index (κ2) is 8.65. The van der Waals surface area contributed by atoms with E-state index >= 15 is 0 Å². The first-order chi connectivity index (χ1) is 10.7. The van der Waals surface area contributed by atoms with Crippen LogP contribution in [0.3, 0.4) is 0 Å². The fourth-order valence-electron chi connectivity index (χ4n) is 1.59. The number of hydrogen-bond acceptors (Lipinski definition) is 5. The number of halogens is 3. The van der Waals surface area contributed by atoms with Crippen LogP contribution in [-0.2, 0) is 16.1 Å². The van der Waals surface area contributed by atoms with E-state index in [1.807, 2.05) is 0 Å². The normalized spacial score (nSPS) is 11.2. The van der Waals surface area contributed by atoms with E-state index in [1.165, 1.54) is 17.9 Å². The van der Waals surface area contributed by atoms with E-state index in [-0.39, 0.29) is 11.8 Å². The van der Waals surface area contributed by atoms with Gasteiger partial charge in [-0.15, -0.1) is 0 Å². The van der Waals surface area contributed by atoms with E-state index in [0.717, 1.165) is 0 Å². The summed E-state index contributed by atoms with van der Waals surface area (Å²) in [6, 6.07) is 0.419. The van der Waals surface area contributed by atoms with Gasteiger partial charge in [-0.05, 0) is 12.8 Å². The number of ether oxygens (including phenoxy) is 1. The molecule has 23 heavy (non-hydrogen) atoms. The molecular weight excluding hydrogens is 337 g/mol. The average molecular weight is 354 g/mol. The summed E-state index contributed by atoms with van der Waals surface area (Å²) in [4.78, 5) is 22.4. The largest absolute Gasteiger partial charge is 0.469 e. The molecule has 0 aromatic carbocycles. The second-order valence-corrected chi connectivity index (χ2v) is 4.96. The second-order valence-electron chi connectivity index (χ2n) is 4.56. The number of urea groups is 1. The number of aromatic nitrogens is 2. The summed E-state index contributed by atoms with van der Waals surface area (Å²) < 4.78 is 42.8. The number of unbranched alkanes of at least 4 members (excludes halogenated alkanes) is 1. The van der Waals surface area contributed by atoms with Crippen molar-refractivity contribution in [2.45, 2.75) is 32.0 Å². The van der Waals surface area contributed by atoms with Crippen LogP contribution in [0.25, 0.3) is 0 Å². The van der Waals surface area contributed by atoms with Gasteiger partial charge < -0.3 is 10.1 Å². The Morgan fingerprint density at radius 1 is 1.43 bits per heavy atom. The van der Waals surface area contributed by atoms with Crippen LogP contribution in [0.1, 0.15) is 19.3 Å². The Hall–Kier alpha value is -1.91. The molecule has 0 aliphatic heterocycles. The molecule has 1 rings (SSSR count). The minimum atomic E-state index is -4.50. The molecule has 0 fully saturated rings. The monoisotopic (exact) mass is 354 g/mol. The summed E-state index contributed by atoms with van der Waals surface area (Å²) in [7, 11) is 1.31. The molecule has 7 nitrogen and oxygen atoms in total. The molecular formula is C12H17F3N4O3S. The van der Waals surface area contributed by atoms with Crippen molar-refractivity contribution >= 4 is 30.6 Å². The van der Waals surface area contributed by atoms with Gasteiger partial charge in [0.15, 0.2) is 5.82 Å². The van der Waals surface area contributed by atoms with E-state index in [1.54, 1.807) is 11.5 Å². The molecule has 0 spiro atoms. The molecule has 0 atom stereocenters. The average Bonchev–Trinajstić information content (AvgIpc) is 2.96. The van der Waals surface area contributed by atoms with E-state index in [9.17, 15) is 22.8 Å². The van der Waals surface area contributed by atoms with Crippen LogP contribution < -0.4 is 9.62 Å². The number of carbonyl (C=O) groups is 2. The van der Waals surface area contributed by atoms with Gasteiger partial charge >= 0.3 is 18.2 Å². The smallest absolute Gasteiger partial charge is 0.405 e. The molecule has 0 unspecified atom stereocenters. The quantitative estimate of drug-likeness (QED) is 0.447. The summed E-state index contributed by atoms with van der Waals surface area (Å²) in [6.07, 6.45) is -1.37. The summed E-state index contributed by atoms with van der Waals surface area (Å²) in [5, 5.41) is 5.71. The lowest BCUT2D eigenvalue weighted by Gasteiger charge is -2.14. The fraction of sp³-hybridized carbons (Fsp3) is 0.583. The van der Waals surface area contributed by atoms with Crippen molar-refractivity contribution in [1.82, 2.24) is 15.1 Å². The lowest BCUT2D eigenvalue weighted by Crippen LogP contribution is -2.40. The first-order valence-electron chi connectivity index (χ1n) is 6.67. The minimum absolute atomic E-state index is 0.0981. The van der Waals surface area contributed by atoms with Crippen molar-refractivity contribution in [1.29, 1.82) is 0 Å². The highest BCUT2D eigenvalue weighted by atomic mass is 32.1. The molecule has 1 heterocycles. The zero-order valence-electron chi connectivity index (χ0n) is 12.3. The maximum Gasteiger partial charge on any atom is 0.405 e. The van der Waals surface area contributed by atoms with Crippen molar-refractivity contribution < 1.29 is 27.5 Å². The minimum Gasteiger partial charge on any atom is -0.469 e.